The molecule has 1 aromatic heterocycles. The van der Waals surface area contributed by atoms with Gasteiger partial charge in [-0.15, -0.1) is 0 Å². The number of carbonyl (C=O) groups is 2. The van der Waals surface area contributed by atoms with E-state index < -0.39 is 0 Å². The van der Waals surface area contributed by atoms with Crippen LogP contribution in [0.4, 0.5) is 0 Å². The molecular formula is C31H39NO2. The first-order valence-corrected chi connectivity index (χ1v) is 12.6. The Morgan fingerprint density at radius 2 is 1.71 bits per heavy atom. The maximum atomic E-state index is 12.7. The highest BCUT2D eigenvalue weighted by Gasteiger charge is 2.27. The molecule has 34 heavy (non-hydrogen) atoms. The second kappa shape index (κ2) is 10.1. The van der Waals surface area contributed by atoms with Crippen molar-refractivity contribution in [2.24, 2.45) is 18.4 Å². The van der Waals surface area contributed by atoms with Gasteiger partial charge in [0, 0.05) is 43.8 Å². The molecule has 1 saturated carbocycles. The van der Waals surface area contributed by atoms with E-state index in [0.29, 0.717) is 18.8 Å². The summed E-state index contributed by atoms with van der Waals surface area (Å²) in [6.45, 7) is 6.20. The second-order valence-corrected chi connectivity index (χ2v) is 11.0. The molecule has 0 saturated heterocycles. The van der Waals surface area contributed by atoms with Crippen LogP contribution >= 0.6 is 0 Å². The molecule has 1 aliphatic rings. The van der Waals surface area contributed by atoms with Crippen LogP contribution in [0, 0.1) is 11.3 Å². The first-order valence-electron chi connectivity index (χ1n) is 12.6. The average molecular weight is 458 g/mol. The number of para-hydroxylation sites is 1. The summed E-state index contributed by atoms with van der Waals surface area (Å²) in [6, 6.07) is 19.7. The van der Waals surface area contributed by atoms with Crippen LogP contribution in [0.5, 0.6) is 0 Å². The highest BCUT2D eigenvalue weighted by Crippen LogP contribution is 2.38. The zero-order chi connectivity index (χ0) is 24.3. The number of fused-ring (bicyclic) bond motifs is 1. The first-order chi connectivity index (χ1) is 16.2. The fourth-order valence-corrected chi connectivity index (χ4v) is 5.14. The van der Waals surface area contributed by atoms with Gasteiger partial charge in [-0.05, 0) is 72.4 Å². The van der Waals surface area contributed by atoms with E-state index in [-0.39, 0.29) is 24.3 Å². The Bertz CT molecular complexity index is 1210. The van der Waals surface area contributed by atoms with Crippen molar-refractivity contribution in [2.45, 2.75) is 65.2 Å². The summed E-state index contributed by atoms with van der Waals surface area (Å²) in [5, 5.41) is 1.26. The van der Waals surface area contributed by atoms with E-state index in [2.05, 4.69) is 87.0 Å². The molecule has 4 rings (SSSR count). The fraction of sp³-hybridized carbons (Fsp3) is 0.419. The fourth-order valence-electron chi connectivity index (χ4n) is 5.14. The van der Waals surface area contributed by atoms with Crippen molar-refractivity contribution in [1.29, 1.82) is 0 Å². The van der Waals surface area contributed by atoms with Gasteiger partial charge in [-0.2, -0.15) is 0 Å². The number of aromatic nitrogens is 1. The van der Waals surface area contributed by atoms with Crippen LogP contribution in [0.1, 0.15) is 72.2 Å². The Balaban J connectivity index is 0.00000342. The van der Waals surface area contributed by atoms with Gasteiger partial charge in [-0.3, -0.25) is 9.59 Å². The number of allylic oxidation sites excluding steroid dienone is 2. The molecule has 1 fully saturated rings. The summed E-state index contributed by atoms with van der Waals surface area (Å²) in [4.78, 5) is 24.8. The quantitative estimate of drug-likeness (QED) is 0.338. The van der Waals surface area contributed by atoms with Gasteiger partial charge in [-0.25, -0.2) is 0 Å². The largest absolute Gasteiger partial charge is 0.344 e. The first kappa shape index (κ1) is 24.2. The van der Waals surface area contributed by atoms with Crippen LogP contribution in [0.3, 0.4) is 0 Å². The summed E-state index contributed by atoms with van der Waals surface area (Å²) in [6.07, 6.45) is 8.20. The van der Waals surface area contributed by atoms with Gasteiger partial charge in [0.15, 0.2) is 5.78 Å². The van der Waals surface area contributed by atoms with Crippen LogP contribution < -0.4 is 0 Å². The van der Waals surface area contributed by atoms with Gasteiger partial charge >= 0.3 is 0 Å². The van der Waals surface area contributed by atoms with Crippen molar-refractivity contribution >= 4 is 22.5 Å². The van der Waals surface area contributed by atoms with Gasteiger partial charge in [-0.1, -0.05) is 63.2 Å². The lowest BCUT2D eigenvalue weighted by atomic mass is 9.76. The third-order valence-corrected chi connectivity index (χ3v) is 7.18. The summed E-state index contributed by atoms with van der Waals surface area (Å²) < 4.78 is 2.27. The molecule has 0 bridgehead atoms. The van der Waals surface area contributed by atoms with Crippen molar-refractivity contribution in [3.05, 3.63) is 72.3 Å². The summed E-state index contributed by atoms with van der Waals surface area (Å²) in [7, 11) is 2.13. The molecule has 1 heterocycles. The van der Waals surface area contributed by atoms with Crippen molar-refractivity contribution in [1.82, 2.24) is 4.57 Å². The van der Waals surface area contributed by atoms with E-state index in [1.54, 1.807) is 6.08 Å². The minimum Gasteiger partial charge on any atom is -0.344 e. The van der Waals surface area contributed by atoms with E-state index in [1.165, 1.54) is 27.7 Å². The van der Waals surface area contributed by atoms with Crippen LogP contribution in [-0.2, 0) is 16.6 Å². The lowest BCUT2D eigenvalue weighted by Crippen LogP contribution is -2.21. The Morgan fingerprint density at radius 3 is 2.41 bits per heavy atom. The monoisotopic (exact) mass is 457 g/mol. The standard InChI is InChI=1S/C31H37NO2.H2/c1-31(2,3)19-18-27(33)16-17-30(34)23-14-12-22(13-15-23)24-9-7-10-25(20-24)29-21-26-8-5-6-11-28(26)32(29)4;/h5-11,18-23H,12-17H2,1-4H3;1H/b19-18-;. The Kier molecular flexibility index (Phi) is 7.21. The lowest BCUT2D eigenvalue weighted by Gasteiger charge is -2.28. The van der Waals surface area contributed by atoms with Crippen molar-refractivity contribution in [3.8, 4) is 11.3 Å². The molecule has 0 atom stereocenters. The van der Waals surface area contributed by atoms with Gasteiger partial charge in [0.2, 0.25) is 0 Å². The van der Waals surface area contributed by atoms with Crippen LogP contribution in [0.2, 0.25) is 0 Å². The number of carbonyl (C=O) groups excluding carboxylic acids is 2. The number of hydrogen-bond donors (Lipinski definition) is 0. The van der Waals surface area contributed by atoms with Crippen molar-refractivity contribution in [3.63, 3.8) is 0 Å². The van der Waals surface area contributed by atoms with Gasteiger partial charge in [0.1, 0.15) is 5.78 Å². The summed E-state index contributed by atoms with van der Waals surface area (Å²) in [5.74, 6) is 0.925. The zero-order valence-corrected chi connectivity index (χ0v) is 21.0. The zero-order valence-electron chi connectivity index (χ0n) is 21.0. The summed E-state index contributed by atoms with van der Waals surface area (Å²) in [5.41, 5.74) is 5.09. The van der Waals surface area contributed by atoms with Gasteiger partial charge in [0.05, 0.1) is 0 Å². The molecule has 3 heteroatoms. The minimum absolute atomic E-state index is 0. The average Bonchev–Trinajstić information content (AvgIpc) is 3.17. The topological polar surface area (TPSA) is 39.1 Å². The molecule has 0 unspecified atom stereocenters. The van der Waals surface area contributed by atoms with E-state index in [1.807, 2.05) is 6.08 Å². The molecule has 3 nitrogen and oxygen atoms in total. The Morgan fingerprint density at radius 1 is 0.971 bits per heavy atom. The number of hydrogen-bond acceptors (Lipinski definition) is 2. The molecule has 3 aromatic rings. The number of aryl methyl sites for hydroxylation is 1. The minimum atomic E-state index is -0.0109. The predicted octanol–water partition coefficient (Wildman–Crippen LogP) is 7.89. The number of nitrogens with zero attached hydrogens (tertiary/aromatic N) is 1. The van der Waals surface area contributed by atoms with Crippen LogP contribution in [-0.4, -0.2) is 16.1 Å². The van der Waals surface area contributed by atoms with E-state index >= 15 is 0 Å². The Labute approximate surface area is 205 Å². The van der Waals surface area contributed by atoms with E-state index in [9.17, 15) is 9.59 Å². The maximum Gasteiger partial charge on any atom is 0.155 e. The number of benzene rings is 2. The normalized spacial score (nSPS) is 19.1. The lowest BCUT2D eigenvalue weighted by molar-refractivity contribution is -0.126. The smallest absolute Gasteiger partial charge is 0.155 e. The van der Waals surface area contributed by atoms with E-state index in [4.69, 9.17) is 0 Å². The van der Waals surface area contributed by atoms with Gasteiger partial charge in [0.25, 0.3) is 0 Å². The summed E-state index contributed by atoms with van der Waals surface area (Å²) >= 11 is 0. The molecule has 1 aliphatic carbocycles. The van der Waals surface area contributed by atoms with Crippen molar-refractivity contribution < 1.29 is 11.0 Å². The molecule has 180 valence electrons. The number of rotatable bonds is 7. The van der Waals surface area contributed by atoms with Crippen molar-refractivity contribution in [2.75, 3.05) is 0 Å². The van der Waals surface area contributed by atoms with Crippen LogP contribution in [0.15, 0.2) is 66.7 Å². The van der Waals surface area contributed by atoms with Gasteiger partial charge < -0.3 is 4.57 Å². The molecule has 0 amide bonds. The highest BCUT2D eigenvalue weighted by atomic mass is 16.1. The Hall–Kier alpha value is -2.94. The van der Waals surface area contributed by atoms with Crippen LogP contribution in [0.25, 0.3) is 22.2 Å². The molecule has 0 spiro atoms. The maximum absolute atomic E-state index is 12.7. The molecule has 2 aromatic carbocycles. The second-order valence-electron chi connectivity index (χ2n) is 11.0. The predicted molar refractivity (Wildman–Crippen MR) is 143 cm³/mol. The number of ketones is 2. The third-order valence-electron chi connectivity index (χ3n) is 7.18. The highest BCUT2D eigenvalue weighted by molar-refractivity contribution is 5.93. The third kappa shape index (κ3) is 5.75. The molecule has 0 radical (unpaired) electrons. The number of Topliss-reactive ketones (excluding diaryl/α,β-unsaturated/α-hetero) is 1. The SMILES string of the molecule is Cn1c(-c2cccc(C3CCC(C(=O)CCC(=O)/C=C\C(C)(C)C)CC3)c2)cc2ccccc21.[HH]. The molecule has 0 aliphatic heterocycles. The van der Waals surface area contributed by atoms with E-state index in [0.717, 1.165) is 25.7 Å². The molecular weight excluding hydrogens is 418 g/mol. The molecule has 0 N–H and O–H groups in total.